The number of nitrogens with one attached hydrogen (secondary N) is 3. The van der Waals surface area contributed by atoms with Crippen LogP contribution in [0.15, 0.2) is 54.1 Å². The molecule has 1 saturated carbocycles. The maximum absolute atomic E-state index is 13.5. The maximum Gasteiger partial charge on any atom is 0.310 e. The van der Waals surface area contributed by atoms with E-state index in [1.54, 1.807) is 0 Å². The number of aliphatic hydroxyl groups is 1. The number of carbonyl (C=O) groups is 1. The van der Waals surface area contributed by atoms with Crippen LogP contribution in [0.1, 0.15) is 73.0 Å². The van der Waals surface area contributed by atoms with Crippen molar-refractivity contribution in [2.75, 3.05) is 26.7 Å². The monoisotopic (exact) mass is 618 g/mol. The Labute approximate surface area is 270 Å². The van der Waals surface area contributed by atoms with E-state index in [2.05, 4.69) is 82.6 Å². The van der Waals surface area contributed by atoms with Crippen molar-refractivity contribution in [2.45, 2.75) is 76.0 Å². The van der Waals surface area contributed by atoms with Gasteiger partial charge in [0.05, 0.1) is 19.1 Å². The van der Waals surface area contributed by atoms with E-state index in [4.69, 9.17) is 4.74 Å². The summed E-state index contributed by atoms with van der Waals surface area (Å²) in [6, 6.07) is 16.2. The number of benzene rings is 2. The second-order valence-electron chi connectivity index (χ2n) is 14.8. The number of hydrogen-bond acceptors (Lipinski definition) is 5. The number of esters is 1. The Hall–Kier alpha value is -3.39. The molecule has 7 nitrogen and oxygen atoms in total. The molecule has 2 unspecified atom stereocenters. The number of para-hydroxylation sites is 1. The number of rotatable bonds is 3. The Kier molecular flexibility index (Phi) is 6.78. The highest BCUT2D eigenvalue weighted by Crippen LogP contribution is 2.52. The van der Waals surface area contributed by atoms with Gasteiger partial charge in [0.2, 0.25) is 0 Å². The normalized spacial score (nSPS) is 35.8. The highest BCUT2D eigenvalue weighted by Gasteiger charge is 2.53. The van der Waals surface area contributed by atoms with Crippen LogP contribution in [0.5, 0.6) is 0 Å². The van der Waals surface area contributed by atoms with Gasteiger partial charge in [0.1, 0.15) is 0 Å². The highest BCUT2D eigenvalue weighted by atomic mass is 16.5. The molecule has 3 saturated heterocycles. The van der Waals surface area contributed by atoms with E-state index < -0.39 is 0 Å². The lowest BCUT2D eigenvalue weighted by Crippen LogP contribution is -2.62. The van der Waals surface area contributed by atoms with Crippen LogP contribution >= 0.6 is 0 Å². The maximum atomic E-state index is 13.5. The molecule has 0 spiro atoms. The molecule has 0 radical (unpaired) electrons. The van der Waals surface area contributed by atoms with Gasteiger partial charge in [-0.2, -0.15) is 0 Å². The summed E-state index contributed by atoms with van der Waals surface area (Å²) in [6.07, 6.45) is 6.83. The zero-order chi connectivity index (χ0) is 31.3. The minimum absolute atomic E-state index is 0.0254. The molecule has 6 aliphatic rings. The van der Waals surface area contributed by atoms with Gasteiger partial charge in [-0.3, -0.25) is 9.69 Å². The summed E-state index contributed by atoms with van der Waals surface area (Å²) in [6.45, 7) is 7.27. The van der Waals surface area contributed by atoms with Gasteiger partial charge in [-0.15, -0.1) is 0 Å². The van der Waals surface area contributed by atoms with Crippen LogP contribution in [0.4, 0.5) is 0 Å². The molecule has 240 valence electrons. The number of hydrogen-bond donors (Lipinski definition) is 4. The molecule has 2 aromatic heterocycles. The lowest BCUT2D eigenvalue weighted by molar-refractivity contribution is -0.149. The number of allylic oxidation sites excluding steroid dienone is 1. The second kappa shape index (κ2) is 10.8. The van der Waals surface area contributed by atoms with Crippen LogP contribution in [0, 0.1) is 23.7 Å². The van der Waals surface area contributed by atoms with Gasteiger partial charge < -0.3 is 25.1 Å². The van der Waals surface area contributed by atoms with Crippen molar-refractivity contribution in [2.24, 2.45) is 23.7 Å². The number of H-pyrrole nitrogens is 2. The summed E-state index contributed by atoms with van der Waals surface area (Å²) in [5.41, 5.74) is 10.5. The summed E-state index contributed by atoms with van der Waals surface area (Å²) >= 11 is 0. The average Bonchev–Trinajstić information content (AvgIpc) is 3.60. The Morgan fingerprint density at radius 2 is 1.87 bits per heavy atom. The fraction of sp³-hybridized carbons (Fsp3) is 0.513. The van der Waals surface area contributed by atoms with E-state index in [9.17, 15) is 9.90 Å². The Balaban J connectivity index is 1.18. The molecule has 4 N–H and O–H groups in total. The van der Waals surface area contributed by atoms with E-state index in [-0.39, 0.29) is 35.9 Å². The van der Waals surface area contributed by atoms with E-state index in [0.717, 1.165) is 57.3 Å². The van der Waals surface area contributed by atoms with Gasteiger partial charge in [0, 0.05) is 82.7 Å². The van der Waals surface area contributed by atoms with Crippen LogP contribution in [-0.4, -0.2) is 70.9 Å². The van der Waals surface area contributed by atoms with E-state index in [1.807, 2.05) is 0 Å². The molecule has 2 aliphatic carbocycles. The number of ether oxygens (including phenoxy) is 1. The van der Waals surface area contributed by atoms with Gasteiger partial charge in [-0.05, 0) is 79.7 Å². The van der Waals surface area contributed by atoms with Gasteiger partial charge >= 0.3 is 5.97 Å². The summed E-state index contributed by atoms with van der Waals surface area (Å²) in [5.74, 6) is 1.03. The van der Waals surface area contributed by atoms with Crippen molar-refractivity contribution in [1.82, 2.24) is 20.2 Å². The van der Waals surface area contributed by atoms with Gasteiger partial charge in [-0.1, -0.05) is 48.9 Å². The molecule has 4 aliphatic heterocycles. The molecule has 4 fully saturated rings. The minimum atomic E-state index is -0.230. The van der Waals surface area contributed by atoms with Crippen LogP contribution in [0.25, 0.3) is 21.8 Å². The first-order valence-electron chi connectivity index (χ1n) is 17.6. The third-order valence-electron chi connectivity index (χ3n) is 12.9. The number of fused-ring (bicyclic) bond motifs is 9. The molecule has 0 amide bonds. The molecular formula is C39H46N4O3. The second-order valence-corrected chi connectivity index (χ2v) is 14.8. The van der Waals surface area contributed by atoms with Crippen molar-refractivity contribution in [1.29, 1.82) is 0 Å². The molecule has 7 heteroatoms. The number of aliphatic hydroxyl groups excluding tert-OH is 1. The largest absolute Gasteiger partial charge is 0.469 e. The molecule has 4 aromatic rings. The fourth-order valence-electron chi connectivity index (χ4n) is 10.9. The summed E-state index contributed by atoms with van der Waals surface area (Å²) in [5, 5.41) is 17.5. The zero-order valence-electron chi connectivity index (χ0n) is 27.2. The molecular weight excluding hydrogens is 572 g/mol. The minimum Gasteiger partial charge on any atom is -0.469 e. The lowest BCUT2D eigenvalue weighted by Gasteiger charge is -2.55. The number of piperidine rings is 3. The number of aromatic nitrogens is 2. The molecule has 2 aromatic carbocycles. The van der Waals surface area contributed by atoms with Crippen LogP contribution in [-0.2, 0) is 22.4 Å². The van der Waals surface area contributed by atoms with Gasteiger partial charge in [-0.25, -0.2) is 0 Å². The number of methoxy groups -OCH3 is 1. The van der Waals surface area contributed by atoms with Crippen LogP contribution < -0.4 is 5.32 Å². The van der Waals surface area contributed by atoms with Crippen molar-refractivity contribution < 1.29 is 14.6 Å². The number of carbonyl (C=O) groups excluding carboxylic acids is 1. The first-order valence-corrected chi connectivity index (χ1v) is 17.6. The van der Waals surface area contributed by atoms with E-state index in [1.165, 1.54) is 57.1 Å². The first kappa shape index (κ1) is 28.8. The van der Waals surface area contributed by atoms with Gasteiger partial charge in [0.15, 0.2) is 0 Å². The first-order chi connectivity index (χ1) is 22.5. The topological polar surface area (TPSA) is 93.4 Å². The van der Waals surface area contributed by atoms with Crippen molar-refractivity contribution in [3.63, 3.8) is 0 Å². The summed E-state index contributed by atoms with van der Waals surface area (Å²) in [4.78, 5) is 24.0. The Bertz CT molecular complexity index is 1870. The predicted octanol–water partition coefficient (Wildman–Crippen LogP) is 5.78. The Morgan fingerprint density at radius 3 is 2.70 bits per heavy atom. The standard InChI is InChI=1S/C39H46N4O3/c1-4-20-18-40-33-17-29-24-8-6-7-9-31(24)41-36(29)28(16-27(20)34(33)39(45)46-3)21-10-11-25-26-12-13-43-19-22-14-30(35(26)42-32(25)15-21)37(43)23(5-2)38(22)44/h4,6-11,15,22-23,27-28,30,33-34,37-38,40-42,44H,5,12-14,16-19H2,1-3H3/b20-4-/t22-,23-,27+,28-,30+,33+,34+,37+,38?/m1/s1. The smallest absolute Gasteiger partial charge is 0.310 e. The average molecular weight is 619 g/mol. The summed E-state index contributed by atoms with van der Waals surface area (Å²) < 4.78 is 5.47. The molecule has 10 atom stereocenters. The van der Waals surface area contributed by atoms with Crippen LogP contribution in [0.3, 0.4) is 0 Å². The number of aromatic amines is 2. The third kappa shape index (κ3) is 4.10. The van der Waals surface area contributed by atoms with E-state index >= 15 is 0 Å². The summed E-state index contributed by atoms with van der Waals surface area (Å²) in [7, 11) is 1.53. The Morgan fingerprint density at radius 1 is 1.04 bits per heavy atom. The third-order valence-corrected chi connectivity index (χ3v) is 12.9. The van der Waals surface area contributed by atoms with E-state index in [0.29, 0.717) is 23.8 Å². The molecule has 6 heterocycles. The van der Waals surface area contributed by atoms with Crippen LogP contribution in [0.2, 0.25) is 0 Å². The zero-order valence-corrected chi connectivity index (χ0v) is 27.2. The number of nitrogens with zero attached hydrogens (tertiary/aromatic N) is 1. The quantitative estimate of drug-likeness (QED) is 0.173. The highest BCUT2D eigenvalue weighted by molar-refractivity contribution is 5.88. The van der Waals surface area contributed by atoms with Gasteiger partial charge in [0.25, 0.3) is 0 Å². The molecule has 6 bridgehead atoms. The van der Waals surface area contributed by atoms with Crippen molar-refractivity contribution in [3.8, 4) is 0 Å². The SMILES string of the molecule is C/C=C1/CN[C@H]2Cc3c([nH]c4ccccc34)[C@@H](c3ccc4c5c([nH]c4c3)[C@@H]3C[C@@H]4CN(CC5)[C@H]3[C@@H](CC)C4O)C[C@@H]1[C@@H]2C(=O)OC. The molecule has 10 rings (SSSR count). The predicted molar refractivity (Wildman–Crippen MR) is 181 cm³/mol. The molecule has 46 heavy (non-hydrogen) atoms. The van der Waals surface area contributed by atoms with Crippen molar-refractivity contribution in [3.05, 3.63) is 82.2 Å². The van der Waals surface area contributed by atoms with Crippen molar-refractivity contribution >= 4 is 27.8 Å². The lowest BCUT2D eigenvalue weighted by atomic mass is 9.63. The fourth-order valence-corrected chi connectivity index (χ4v) is 10.9.